The Kier molecular flexibility index (Phi) is 6.92. The van der Waals surface area contributed by atoms with Gasteiger partial charge in [0.1, 0.15) is 11.5 Å². The van der Waals surface area contributed by atoms with Crippen molar-refractivity contribution in [2.75, 3.05) is 18.4 Å². The van der Waals surface area contributed by atoms with Crippen molar-refractivity contribution in [3.8, 4) is 11.3 Å². The third kappa shape index (κ3) is 5.62. The molecule has 0 aliphatic carbocycles. The fourth-order valence-electron chi connectivity index (χ4n) is 2.76. The van der Waals surface area contributed by atoms with Crippen LogP contribution < -0.4 is 16.0 Å². The van der Waals surface area contributed by atoms with Gasteiger partial charge in [-0.2, -0.15) is 0 Å². The molecule has 0 unspecified atom stereocenters. The van der Waals surface area contributed by atoms with E-state index in [1.54, 1.807) is 30.3 Å². The zero-order chi connectivity index (χ0) is 20.6. The number of anilines is 1. The Balaban J connectivity index is 1.52. The number of carbonyl (C=O) groups excluding carboxylic acids is 2. The Labute approximate surface area is 174 Å². The standard InChI is InChI=1S/C22H22ClN3O3/c1-2-24-22(28)18-5-3-4-6-19(18)25-14-21(27)26-13-17-11-12-20(29-17)15-7-9-16(23)10-8-15/h3-12,25H,2,13-14H2,1H3,(H,24,28)(H,26,27). The number of halogens is 1. The van der Waals surface area contributed by atoms with Gasteiger partial charge in [-0.05, 0) is 55.5 Å². The highest BCUT2D eigenvalue weighted by molar-refractivity contribution is 6.30. The minimum atomic E-state index is -0.208. The van der Waals surface area contributed by atoms with Gasteiger partial charge in [0.2, 0.25) is 5.91 Å². The molecule has 0 fully saturated rings. The van der Waals surface area contributed by atoms with Gasteiger partial charge in [-0.3, -0.25) is 9.59 Å². The van der Waals surface area contributed by atoms with E-state index in [9.17, 15) is 9.59 Å². The van der Waals surface area contributed by atoms with Crippen LogP contribution in [0.3, 0.4) is 0 Å². The second-order valence-electron chi connectivity index (χ2n) is 6.31. The highest BCUT2D eigenvalue weighted by Gasteiger charge is 2.11. The number of rotatable bonds is 8. The van der Waals surface area contributed by atoms with Crippen LogP contribution in [-0.4, -0.2) is 24.9 Å². The molecule has 29 heavy (non-hydrogen) atoms. The van der Waals surface area contributed by atoms with E-state index in [1.165, 1.54) is 0 Å². The van der Waals surface area contributed by atoms with Gasteiger partial charge >= 0.3 is 0 Å². The first-order valence-electron chi connectivity index (χ1n) is 9.29. The summed E-state index contributed by atoms with van der Waals surface area (Å²) in [4.78, 5) is 24.3. The van der Waals surface area contributed by atoms with Crippen molar-refractivity contribution >= 4 is 29.1 Å². The van der Waals surface area contributed by atoms with Crippen molar-refractivity contribution in [3.63, 3.8) is 0 Å². The predicted octanol–water partition coefficient (Wildman–Crippen LogP) is 4.08. The van der Waals surface area contributed by atoms with Crippen molar-refractivity contribution in [1.82, 2.24) is 10.6 Å². The maximum Gasteiger partial charge on any atom is 0.253 e. The van der Waals surface area contributed by atoms with Crippen LogP contribution in [0.4, 0.5) is 5.69 Å². The molecule has 2 amide bonds. The molecule has 3 aromatic rings. The molecule has 150 valence electrons. The molecule has 0 bridgehead atoms. The van der Waals surface area contributed by atoms with Crippen molar-refractivity contribution in [2.24, 2.45) is 0 Å². The second kappa shape index (κ2) is 9.80. The molecule has 0 saturated heterocycles. The van der Waals surface area contributed by atoms with E-state index in [4.69, 9.17) is 16.0 Å². The normalized spacial score (nSPS) is 10.4. The molecule has 3 rings (SSSR count). The van der Waals surface area contributed by atoms with E-state index < -0.39 is 0 Å². The Bertz CT molecular complexity index is 983. The summed E-state index contributed by atoms with van der Waals surface area (Å²) in [5, 5.41) is 9.23. The van der Waals surface area contributed by atoms with Crippen LogP contribution in [0.25, 0.3) is 11.3 Å². The molecule has 0 saturated carbocycles. The average Bonchev–Trinajstić information content (AvgIpc) is 3.20. The van der Waals surface area contributed by atoms with E-state index in [2.05, 4.69) is 16.0 Å². The summed E-state index contributed by atoms with van der Waals surface area (Å²) in [6.45, 7) is 2.70. The predicted molar refractivity (Wildman–Crippen MR) is 114 cm³/mol. The summed E-state index contributed by atoms with van der Waals surface area (Å²) in [7, 11) is 0. The summed E-state index contributed by atoms with van der Waals surface area (Å²) in [6, 6.07) is 18.1. The SMILES string of the molecule is CCNC(=O)c1ccccc1NCC(=O)NCc1ccc(-c2ccc(Cl)cc2)o1. The van der Waals surface area contributed by atoms with Crippen LogP contribution in [0.2, 0.25) is 5.02 Å². The lowest BCUT2D eigenvalue weighted by molar-refractivity contribution is -0.119. The number of para-hydroxylation sites is 1. The van der Waals surface area contributed by atoms with E-state index in [1.807, 2.05) is 37.3 Å². The van der Waals surface area contributed by atoms with Crippen molar-refractivity contribution in [1.29, 1.82) is 0 Å². The van der Waals surface area contributed by atoms with Gasteiger partial charge in [-0.25, -0.2) is 0 Å². The summed E-state index contributed by atoms with van der Waals surface area (Å²) in [5.74, 6) is 0.965. The van der Waals surface area contributed by atoms with Crippen molar-refractivity contribution in [2.45, 2.75) is 13.5 Å². The molecule has 3 N–H and O–H groups in total. The van der Waals surface area contributed by atoms with Gasteiger partial charge in [-0.15, -0.1) is 0 Å². The van der Waals surface area contributed by atoms with Crippen molar-refractivity contribution < 1.29 is 14.0 Å². The van der Waals surface area contributed by atoms with Crippen LogP contribution in [0.5, 0.6) is 0 Å². The first kappa shape index (κ1) is 20.5. The zero-order valence-electron chi connectivity index (χ0n) is 16.0. The molecule has 6 nitrogen and oxygen atoms in total. The highest BCUT2D eigenvalue weighted by atomic mass is 35.5. The lowest BCUT2D eigenvalue weighted by Gasteiger charge is -2.11. The first-order chi connectivity index (χ1) is 14.1. The van der Waals surface area contributed by atoms with Crippen LogP contribution in [-0.2, 0) is 11.3 Å². The molecular formula is C22H22ClN3O3. The second-order valence-corrected chi connectivity index (χ2v) is 6.74. The van der Waals surface area contributed by atoms with Crippen LogP contribution >= 0.6 is 11.6 Å². The van der Waals surface area contributed by atoms with Gasteiger partial charge in [0.25, 0.3) is 5.91 Å². The molecule has 0 spiro atoms. The lowest BCUT2D eigenvalue weighted by Crippen LogP contribution is -2.30. The minimum Gasteiger partial charge on any atom is -0.459 e. The maximum atomic E-state index is 12.2. The first-order valence-corrected chi connectivity index (χ1v) is 9.67. The summed E-state index contributed by atoms with van der Waals surface area (Å²) in [6.07, 6.45) is 0. The molecular weight excluding hydrogens is 390 g/mol. The van der Waals surface area contributed by atoms with Crippen LogP contribution in [0, 0.1) is 0 Å². The molecule has 1 heterocycles. The maximum absolute atomic E-state index is 12.2. The van der Waals surface area contributed by atoms with E-state index >= 15 is 0 Å². The van der Waals surface area contributed by atoms with E-state index in [-0.39, 0.29) is 24.9 Å². The Morgan fingerprint density at radius 3 is 2.48 bits per heavy atom. The molecule has 0 aliphatic rings. The number of nitrogens with one attached hydrogen (secondary N) is 3. The number of hydrogen-bond donors (Lipinski definition) is 3. The minimum absolute atomic E-state index is 0.0428. The molecule has 0 radical (unpaired) electrons. The Morgan fingerprint density at radius 1 is 0.966 bits per heavy atom. The zero-order valence-corrected chi connectivity index (χ0v) is 16.8. The van der Waals surface area contributed by atoms with Gasteiger partial charge in [0, 0.05) is 22.8 Å². The van der Waals surface area contributed by atoms with E-state index in [0.717, 1.165) is 5.56 Å². The van der Waals surface area contributed by atoms with Crippen LogP contribution in [0.15, 0.2) is 65.1 Å². The Morgan fingerprint density at radius 2 is 1.72 bits per heavy atom. The molecule has 2 aromatic carbocycles. The Hall–Kier alpha value is -3.25. The molecule has 0 atom stereocenters. The third-order valence-corrected chi connectivity index (χ3v) is 4.45. The van der Waals surface area contributed by atoms with Gasteiger partial charge in [0.05, 0.1) is 18.7 Å². The molecule has 0 aliphatic heterocycles. The monoisotopic (exact) mass is 411 g/mol. The van der Waals surface area contributed by atoms with Gasteiger partial charge in [0.15, 0.2) is 0 Å². The summed E-state index contributed by atoms with van der Waals surface area (Å²) < 4.78 is 5.77. The van der Waals surface area contributed by atoms with E-state index in [0.29, 0.717) is 34.3 Å². The highest BCUT2D eigenvalue weighted by Crippen LogP contribution is 2.23. The number of hydrogen-bond acceptors (Lipinski definition) is 4. The molecule has 1 aromatic heterocycles. The third-order valence-electron chi connectivity index (χ3n) is 4.20. The fraction of sp³-hybridized carbons (Fsp3) is 0.182. The average molecular weight is 412 g/mol. The quantitative estimate of drug-likeness (QED) is 0.521. The largest absolute Gasteiger partial charge is 0.459 e. The van der Waals surface area contributed by atoms with Gasteiger partial charge in [-0.1, -0.05) is 23.7 Å². The molecule has 7 heteroatoms. The van der Waals surface area contributed by atoms with Gasteiger partial charge < -0.3 is 20.4 Å². The smallest absolute Gasteiger partial charge is 0.253 e. The number of furan rings is 1. The van der Waals surface area contributed by atoms with Crippen molar-refractivity contribution in [3.05, 3.63) is 77.0 Å². The fourth-order valence-corrected chi connectivity index (χ4v) is 2.88. The number of carbonyl (C=O) groups is 2. The lowest BCUT2D eigenvalue weighted by atomic mass is 10.1. The summed E-state index contributed by atoms with van der Waals surface area (Å²) >= 11 is 5.90. The number of amides is 2. The van der Waals surface area contributed by atoms with Crippen LogP contribution in [0.1, 0.15) is 23.0 Å². The number of benzene rings is 2. The topological polar surface area (TPSA) is 83.4 Å². The summed E-state index contributed by atoms with van der Waals surface area (Å²) in [5.41, 5.74) is 2.02.